The summed E-state index contributed by atoms with van der Waals surface area (Å²) in [6.07, 6.45) is 0.876. The monoisotopic (exact) mass is 471 g/mol. The molecule has 10 N–H and O–H groups in total. The average Bonchev–Trinajstić information content (AvgIpc) is 3.22. The number of hydrogen-bond donors (Lipinski definition) is 7. The van der Waals surface area contributed by atoms with Crippen LogP contribution in [0.5, 0.6) is 0 Å². The third-order valence-corrected chi connectivity index (χ3v) is 5.13. The number of carbonyl (C=O) groups excluding carboxylic acids is 3. The molecule has 3 amide bonds. The lowest BCUT2D eigenvalue weighted by atomic mass is 10.1. The molecule has 1 fully saturated rings. The van der Waals surface area contributed by atoms with Gasteiger partial charge in [0.15, 0.2) is 5.96 Å². The first-order valence-corrected chi connectivity index (χ1v) is 10.6. The summed E-state index contributed by atoms with van der Waals surface area (Å²) in [5.74, 6) is -4.35. The molecule has 4 atom stereocenters. The molecular formula is C19H33N7O7. The highest BCUT2D eigenvalue weighted by atomic mass is 16.4. The third kappa shape index (κ3) is 9.31. The lowest BCUT2D eigenvalue weighted by molar-refractivity contribution is -0.145. The number of carbonyl (C=O) groups is 5. The summed E-state index contributed by atoms with van der Waals surface area (Å²) < 4.78 is 0. The fourth-order valence-electron chi connectivity index (χ4n) is 3.38. The highest BCUT2D eigenvalue weighted by molar-refractivity contribution is 5.94. The predicted octanol–water partition coefficient (Wildman–Crippen LogP) is -2.70. The van der Waals surface area contributed by atoms with Crippen LogP contribution in [0.15, 0.2) is 4.99 Å². The van der Waals surface area contributed by atoms with Crippen LogP contribution in [-0.2, 0) is 24.0 Å². The normalized spacial score (nSPS) is 18.0. The van der Waals surface area contributed by atoms with Gasteiger partial charge in [0.05, 0.1) is 6.04 Å². The van der Waals surface area contributed by atoms with Gasteiger partial charge < -0.3 is 42.9 Å². The standard InChI is InChI=1S/C19H33N7O7/c1-10(24-15(29)11(20)4-2-8-23-19(21)22)17(31)26-9-3-5-13(26)16(30)25-12(18(32)33)6-7-14(27)28/h10-13H,2-9,20H2,1H3,(H,24,29)(H,25,30)(H,27,28)(H,32,33)(H4,21,22,23). The van der Waals surface area contributed by atoms with Crippen molar-refractivity contribution in [2.24, 2.45) is 22.2 Å². The van der Waals surface area contributed by atoms with E-state index in [0.717, 1.165) is 0 Å². The minimum Gasteiger partial charge on any atom is -0.481 e. The highest BCUT2D eigenvalue weighted by Crippen LogP contribution is 2.19. The van der Waals surface area contributed by atoms with Gasteiger partial charge in [0, 0.05) is 19.5 Å². The van der Waals surface area contributed by atoms with Crippen molar-refractivity contribution < 1.29 is 34.2 Å². The second-order valence-corrected chi connectivity index (χ2v) is 7.81. The number of aliphatic imine (C=N–C) groups is 1. The largest absolute Gasteiger partial charge is 0.481 e. The molecule has 1 rings (SSSR count). The first kappa shape index (κ1) is 27.6. The Labute approximate surface area is 190 Å². The number of nitrogens with zero attached hydrogens (tertiary/aromatic N) is 2. The Morgan fingerprint density at radius 3 is 2.36 bits per heavy atom. The Morgan fingerprint density at radius 1 is 1.12 bits per heavy atom. The predicted molar refractivity (Wildman–Crippen MR) is 117 cm³/mol. The molecule has 14 heteroatoms. The number of rotatable bonds is 13. The molecule has 0 aromatic heterocycles. The molecule has 0 saturated carbocycles. The number of likely N-dealkylation sites (tertiary alicyclic amines) is 1. The van der Waals surface area contributed by atoms with Crippen molar-refractivity contribution in [1.82, 2.24) is 15.5 Å². The molecule has 1 aliphatic heterocycles. The minimum absolute atomic E-state index is 0.0620. The average molecular weight is 472 g/mol. The van der Waals surface area contributed by atoms with E-state index in [1.165, 1.54) is 11.8 Å². The lowest BCUT2D eigenvalue weighted by Gasteiger charge is -2.28. The molecule has 0 radical (unpaired) electrons. The van der Waals surface area contributed by atoms with Crippen LogP contribution in [0.4, 0.5) is 0 Å². The van der Waals surface area contributed by atoms with Gasteiger partial charge in [-0.25, -0.2) is 4.79 Å². The van der Waals surface area contributed by atoms with E-state index in [9.17, 15) is 29.1 Å². The summed E-state index contributed by atoms with van der Waals surface area (Å²) in [5, 5.41) is 22.8. The van der Waals surface area contributed by atoms with E-state index in [0.29, 0.717) is 32.2 Å². The van der Waals surface area contributed by atoms with Crippen LogP contribution in [0.2, 0.25) is 0 Å². The molecule has 14 nitrogen and oxygen atoms in total. The Balaban J connectivity index is 2.65. The smallest absolute Gasteiger partial charge is 0.326 e. The van der Waals surface area contributed by atoms with E-state index >= 15 is 0 Å². The van der Waals surface area contributed by atoms with Gasteiger partial charge in [0.2, 0.25) is 17.7 Å². The van der Waals surface area contributed by atoms with Gasteiger partial charge in [-0.3, -0.25) is 24.2 Å². The van der Waals surface area contributed by atoms with Crippen molar-refractivity contribution in [2.45, 2.75) is 69.6 Å². The fraction of sp³-hybridized carbons (Fsp3) is 0.684. The van der Waals surface area contributed by atoms with Crippen molar-refractivity contribution in [3.05, 3.63) is 0 Å². The van der Waals surface area contributed by atoms with Crippen LogP contribution < -0.4 is 27.8 Å². The highest BCUT2D eigenvalue weighted by Gasteiger charge is 2.38. The van der Waals surface area contributed by atoms with Crippen LogP contribution in [0.25, 0.3) is 0 Å². The zero-order valence-electron chi connectivity index (χ0n) is 18.5. The van der Waals surface area contributed by atoms with Crippen molar-refractivity contribution in [3.63, 3.8) is 0 Å². The molecule has 0 aliphatic carbocycles. The second kappa shape index (κ2) is 13.2. The molecule has 1 saturated heterocycles. The topological polar surface area (TPSA) is 244 Å². The third-order valence-electron chi connectivity index (χ3n) is 5.13. The first-order valence-electron chi connectivity index (χ1n) is 10.6. The van der Waals surface area contributed by atoms with E-state index in [-0.39, 0.29) is 18.9 Å². The van der Waals surface area contributed by atoms with Crippen LogP contribution in [0.3, 0.4) is 0 Å². The number of carboxylic acid groups (broad SMARTS) is 2. The number of aliphatic carboxylic acids is 2. The van der Waals surface area contributed by atoms with Crippen LogP contribution in [0, 0.1) is 0 Å². The fourth-order valence-corrected chi connectivity index (χ4v) is 3.38. The van der Waals surface area contributed by atoms with Crippen LogP contribution >= 0.6 is 0 Å². The number of guanidine groups is 1. The Bertz CT molecular complexity index is 770. The zero-order valence-corrected chi connectivity index (χ0v) is 18.5. The van der Waals surface area contributed by atoms with E-state index in [1.54, 1.807) is 0 Å². The lowest BCUT2D eigenvalue weighted by Crippen LogP contribution is -2.56. The Kier molecular flexibility index (Phi) is 11.0. The van der Waals surface area contributed by atoms with Gasteiger partial charge in [0.1, 0.15) is 18.1 Å². The van der Waals surface area contributed by atoms with E-state index in [1.807, 2.05) is 0 Å². The van der Waals surface area contributed by atoms with Gasteiger partial charge in [-0.2, -0.15) is 0 Å². The van der Waals surface area contributed by atoms with Crippen molar-refractivity contribution in [3.8, 4) is 0 Å². The Hall–Kier alpha value is -3.42. The number of amides is 3. The number of carboxylic acids is 2. The summed E-state index contributed by atoms with van der Waals surface area (Å²) in [6, 6.07) is -4.15. The molecular weight excluding hydrogens is 438 g/mol. The number of nitrogens with two attached hydrogens (primary N) is 3. The summed E-state index contributed by atoms with van der Waals surface area (Å²) in [6.45, 7) is 2.04. The van der Waals surface area contributed by atoms with Gasteiger partial charge >= 0.3 is 11.9 Å². The molecule has 0 aromatic carbocycles. The second-order valence-electron chi connectivity index (χ2n) is 7.81. The zero-order chi connectivity index (χ0) is 25.1. The minimum atomic E-state index is -1.39. The molecule has 0 aromatic rings. The molecule has 0 spiro atoms. The van der Waals surface area contributed by atoms with Gasteiger partial charge in [-0.15, -0.1) is 0 Å². The van der Waals surface area contributed by atoms with Crippen molar-refractivity contribution in [1.29, 1.82) is 0 Å². The molecule has 1 heterocycles. The molecule has 1 aliphatic rings. The van der Waals surface area contributed by atoms with Crippen molar-refractivity contribution >= 4 is 35.6 Å². The summed E-state index contributed by atoms with van der Waals surface area (Å²) >= 11 is 0. The summed E-state index contributed by atoms with van der Waals surface area (Å²) in [4.78, 5) is 64.8. The quantitative estimate of drug-likeness (QED) is 0.0831. The first-order chi connectivity index (χ1) is 15.4. The van der Waals surface area contributed by atoms with E-state index in [2.05, 4.69) is 15.6 Å². The van der Waals surface area contributed by atoms with E-state index < -0.39 is 60.2 Å². The summed E-state index contributed by atoms with van der Waals surface area (Å²) in [7, 11) is 0. The van der Waals surface area contributed by atoms with E-state index in [4.69, 9.17) is 22.3 Å². The number of nitrogens with one attached hydrogen (secondary N) is 2. The van der Waals surface area contributed by atoms with Gasteiger partial charge in [-0.05, 0) is 39.0 Å². The Morgan fingerprint density at radius 2 is 1.79 bits per heavy atom. The molecule has 186 valence electrons. The maximum absolute atomic E-state index is 12.8. The maximum Gasteiger partial charge on any atom is 0.326 e. The number of hydrogen-bond acceptors (Lipinski definition) is 7. The maximum atomic E-state index is 12.8. The summed E-state index contributed by atoms with van der Waals surface area (Å²) in [5.41, 5.74) is 16.3. The van der Waals surface area contributed by atoms with Gasteiger partial charge in [0.25, 0.3) is 0 Å². The van der Waals surface area contributed by atoms with Gasteiger partial charge in [-0.1, -0.05) is 0 Å². The molecule has 0 bridgehead atoms. The van der Waals surface area contributed by atoms with Crippen molar-refractivity contribution in [2.75, 3.05) is 13.1 Å². The van der Waals surface area contributed by atoms with Crippen LogP contribution in [0.1, 0.15) is 45.4 Å². The molecule has 4 unspecified atom stereocenters. The van der Waals surface area contributed by atoms with Crippen LogP contribution in [-0.4, -0.2) is 88.0 Å². The molecule has 33 heavy (non-hydrogen) atoms. The SMILES string of the molecule is CC(NC(=O)C(N)CCCN=C(N)N)C(=O)N1CCCC1C(=O)NC(CCC(=O)O)C(=O)O.